The number of aromatic nitrogens is 2. The number of phenolic OH excluding ortho intramolecular Hbond substituents is 1. The van der Waals surface area contributed by atoms with Gasteiger partial charge in [0.15, 0.2) is 0 Å². The third-order valence-corrected chi connectivity index (χ3v) is 2.23. The van der Waals surface area contributed by atoms with E-state index in [1.807, 2.05) is 0 Å². The number of nitrogens with zero attached hydrogens (tertiary/aromatic N) is 2. The van der Waals surface area contributed by atoms with Crippen molar-refractivity contribution in [1.29, 1.82) is 0 Å². The van der Waals surface area contributed by atoms with Crippen LogP contribution < -0.4 is 11.3 Å². The molecule has 0 saturated heterocycles. The SMILES string of the molecule is CC(N)n1cnc2cccc(O)c2c1=O. The largest absolute Gasteiger partial charge is 0.507 e. The Kier molecular flexibility index (Phi) is 2.17. The normalized spacial score (nSPS) is 12.9. The van der Waals surface area contributed by atoms with Crippen LogP contribution in [-0.2, 0) is 0 Å². The molecule has 0 saturated carbocycles. The number of aromatic hydroxyl groups is 1. The smallest absolute Gasteiger partial charge is 0.266 e. The van der Waals surface area contributed by atoms with E-state index in [0.29, 0.717) is 5.52 Å². The molecule has 0 aliphatic carbocycles. The van der Waals surface area contributed by atoms with E-state index < -0.39 is 6.17 Å². The zero-order valence-electron chi connectivity index (χ0n) is 8.21. The van der Waals surface area contributed by atoms with E-state index in [0.717, 1.165) is 0 Å². The number of hydrogen-bond donors (Lipinski definition) is 2. The summed E-state index contributed by atoms with van der Waals surface area (Å²) in [6.07, 6.45) is 0.920. The molecule has 1 heterocycles. The molecule has 1 aromatic carbocycles. The molecular weight excluding hydrogens is 194 g/mol. The molecule has 15 heavy (non-hydrogen) atoms. The Labute approximate surface area is 85.8 Å². The van der Waals surface area contributed by atoms with Gasteiger partial charge in [0.25, 0.3) is 5.56 Å². The lowest BCUT2D eigenvalue weighted by molar-refractivity contribution is 0.479. The number of nitrogens with two attached hydrogens (primary N) is 1. The Morgan fingerprint density at radius 2 is 2.27 bits per heavy atom. The second-order valence-electron chi connectivity index (χ2n) is 3.37. The summed E-state index contributed by atoms with van der Waals surface area (Å²) in [5, 5.41) is 9.77. The van der Waals surface area contributed by atoms with Crippen LogP contribution in [-0.4, -0.2) is 14.7 Å². The molecule has 2 aromatic rings. The monoisotopic (exact) mass is 205 g/mol. The molecule has 0 aliphatic heterocycles. The molecule has 0 amide bonds. The maximum Gasteiger partial charge on any atom is 0.266 e. The molecule has 0 radical (unpaired) electrons. The van der Waals surface area contributed by atoms with Crippen LogP contribution >= 0.6 is 0 Å². The summed E-state index contributed by atoms with van der Waals surface area (Å²) >= 11 is 0. The van der Waals surface area contributed by atoms with Gasteiger partial charge in [0.05, 0.1) is 18.0 Å². The number of phenols is 1. The molecule has 0 aliphatic rings. The van der Waals surface area contributed by atoms with E-state index in [9.17, 15) is 9.90 Å². The van der Waals surface area contributed by atoms with Gasteiger partial charge in [-0.1, -0.05) is 6.07 Å². The minimum atomic E-state index is -0.464. The van der Waals surface area contributed by atoms with Crippen LogP contribution in [0.4, 0.5) is 0 Å². The standard InChI is InChI=1S/C10H11N3O2/c1-6(11)13-5-12-7-3-2-4-8(14)9(7)10(13)15/h2-6,14H,11H2,1H3. The summed E-state index contributed by atoms with van der Waals surface area (Å²) in [6, 6.07) is 4.76. The van der Waals surface area contributed by atoms with Crippen LogP contribution in [0.5, 0.6) is 5.75 Å². The van der Waals surface area contributed by atoms with Crippen molar-refractivity contribution < 1.29 is 5.11 Å². The number of hydrogen-bond acceptors (Lipinski definition) is 4. The van der Waals surface area contributed by atoms with Gasteiger partial charge in [-0.3, -0.25) is 9.36 Å². The maximum atomic E-state index is 11.9. The molecule has 5 nitrogen and oxygen atoms in total. The Bertz CT molecular complexity index is 560. The van der Waals surface area contributed by atoms with Crippen LogP contribution in [0.3, 0.4) is 0 Å². The highest BCUT2D eigenvalue weighted by Crippen LogP contribution is 2.18. The highest BCUT2D eigenvalue weighted by Gasteiger charge is 2.09. The van der Waals surface area contributed by atoms with Crippen molar-refractivity contribution in [3.8, 4) is 5.75 Å². The van der Waals surface area contributed by atoms with Crippen molar-refractivity contribution >= 4 is 10.9 Å². The van der Waals surface area contributed by atoms with Gasteiger partial charge in [0, 0.05) is 0 Å². The minimum absolute atomic E-state index is 0.0694. The highest BCUT2D eigenvalue weighted by molar-refractivity contribution is 5.83. The van der Waals surface area contributed by atoms with Crippen LogP contribution in [0.2, 0.25) is 0 Å². The third-order valence-electron chi connectivity index (χ3n) is 2.23. The van der Waals surface area contributed by atoms with Gasteiger partial charge >= 0.3 is 0 Å². The molecule has 78 valence electrons. The highest BCUT2D eigenvalue weighted by atomic mass is 16.3. The molecule has 5 heteroatoms. The van der Waals surface area contributed by atoms with Crippen molar-refractivity contribution in [3.05, 3.63) is 34.9 Å². The average Bonchev–Trinajstić information content (AvgIpc) is 2.17. The molecule has 3 N–H and O–H groups in total. The fraction of sp³-hybridized carbons (Fsp3) is 0.200. The summed E-state index contributed by atoms with van der Waals surface area (Å²) in [4.78, 5) is 15.9. The van der Waals surface area contributed by atoms with Crippen molar-refractivity contribution in [2.75, 3.05) is 0 Å². The van der Waals surface area contributed by atoms with Crippen molar-refractivity contribution in [2.45, 2.75) is 13.1 Å². The van der Waals surface area contributed by atoms with Crippen molar-refractivity contribution in [3.63, 3.8) is 0 Å². The fourth-order valence-electron chi connectivity index (χ4n) is 1.45. The van der Waals surface area contributed by atoms with Gasteiger partial charge < -0.3 is 10.8 Å². The van der Waals surface area contributed by atoms with Gasteiger partial charge in [0.2, 0.25) is 0 Å². The van der Waals surface area contributed by atoms with Crippen molar-refractivity contribution in [2.24, 2.45) is 5.73 Å². The first-order chi connectivity index (χ1) is 7.11. The maximum absolute atomic E-state index is 11.9. The summed E-state index contributed by atoms with van der Waals surface area (Å²) in [7, 11) is 0. The predicted octanol–water partition coefficient (Wildman–Crippen LogP) is 0.579. The quantitative estimate of drug-likeness (QED) is 0.713. The van der Waals surface area contributed by atoms with Gasteiger partial charge in [0.1, 0.15) is 11.1 Å². The third kappa shape index (κ3) is 1.46. The van der Waals surface area contributed by atoms with Crippen LogP contribution in [0.25, 0.3) is 10.9 Å². The lowest BCUT2D eigenvalue weighted by Gasteiger charge is -2.09. The average molecular weight is 205 g/mol. The Hall–Kier alpha value is -1.88. The lowest BCUT2D eigenvalue weighted by atomic mass is 10.2. The second-order valence-corrected chi connectivity index (χ2v) is 3.37. The van der Waals surface area contributed by atoms with Gasteiger partial charge in [-0.2, -0.15) is 0 Å². The van der Waals surface area contributed by atoms with Gasteiger partial charge in [-0.05, 0) is 19.1 Å². The summed E-state index contributed by atoms with van der Waals surface area (Å²) < 4.78 is 1.28. The lowest BCUT2D eigenvalue weighted by Crippen LogP contribution is -2.28. The first kappa shape index (κ1) is 9.67. The Morgan fingerprint density at radius 3 is 2.93 bits per heavy atom. The second kappa shape index (κ2) is 3.36. The molecule has 0 spiro atoms. The number of benzene rings is 1. The van der Waals surface area contributed by atoms with E-state index in [1.54, 1.807) is 19.1 Å². The van der Waals surface area contributed by atoms with E-state index in [2.05, 4.69) is 4.98 Å². The van der Waals surface area contributed by atoms with E-state index in [-0.39, 0.29) is 16.7 Å². The number of rotatable bonds is 1. The van der Waals surface area contributed by atoms with E-state index >= 15 is 0 Å². The first-order valence-electron chi connectivity index (χ1n) is 4.55. The minimum Gasteiger partial charge on any atom is -0.507 e. The van der Waals surface area contributed by atoms with Crippen LogP contribution in [0.15, 0.2) is 29.3 Å². The molecule has 1 unspecified atom stereocenters. The van der Waals surface area contributed by atoms with Gasteiger partial charge in [-0.15, -0.1) is 0 Å². The molecule has 0 fully saturated rings. The molecule has 1 atom stereocenters. The van der Waals surface area contributed by atoms with Crippen LogP contribution in [0.1, 0.15) is 13.1 Å². The summed E-state index contributed by atoms with van der Waals surface area (Å²) in [6.45, 7) is 1.68. The zero-order valence-corrected chi connectivity index (χ0v) is 8.21. The predicted molar refractivity (Wildman–Crippen MR) is 56.6 cm³/mol. The van der Waals surface area contributed by atoms with E-state index in [1.165, 1.54) is 17.0 Å². The Morgan fingerprint density at radius 1 is 1.53 bits per heavy atom. The summed E-state index contributed by atoms with van der Waals surface area (Å²) in [5.41, 5.74) is 5.74. The zero-order chi connectivity index (χ0) is 11.0. The molecule has 0 bridgehead atoms. The topological polar surface area (TPSA) is 81.1 Å². The van der Waals surface area contributed by atoms with Crippen LogP contribution in [0, 0.1) is 0 Å². The number of fused-ring (bicyclic) bond motifs is 1. The Balaban J connectivity index is 2.90. The van der Waals surface area contributed by atoms with Crippen molar-refractivity contribution in [1.82, 2.24) is 9.55 Å². The molecular formula is C10H11N3O2. The first-order valence-corrected chi connectivity index (χ1v) is 4.55. The fourth-order valence-corrected chi connectivity index (χ4v) is 1.45. The van der Waals surface area contributed by atoms with Gasteiger partial charge in [-0.25, -0.2) is 4.98 Å². The molecule has 2 rings (SSSR count). The van der Waals surface area contributed by atoms with E-state index in [4.69, 9.17) is 5.73 Å². The molecule has 1 aromatic heterocycles. The summed E-state index contributed by atoms with van der Waals surface area (Å²) in [5.74, 6) is -0.0694.